The number of rotatable bonds is 3. The molecule has 0 saturated carbocycles. The van der Waals surface area contributed by atoms with E-state index in [2.05, 4.69) is 9.97 Å². The minimum absolute atomic E-state index is 0.00694. The highest BCUT2D eigenvalue weighted by atomic mass is 32.2. The topological polar surface area (TPSA) is 66.1 Å². The lowest BCUT2D eigenvalue weighted by Crippen LogP contribution is -2.31. The van der Waals surface area contributed by atoms with Crippen molar-refractivity contribution in [3.8, 4) is 0 Å². The van der Waals surface area contributed by atoms with Gasteiger partial charge in [-0.2, -0.15) is 4.31 Å². The molecular formula is C16H20FN3O2S. The quantitative estimate of drug-likeness (QED) is 0.936. The number of benzene rings is 1. The van der Waals surface area contributed by atoms with Crippen molar-refractivity contribution in [2.75, 3.05) is 6.54 Å². The fourth-order valence-electron chi connectivity index (χ4n) is 2.90. The van der Waals surface area contributed by atoms with E-state index in [1.165, 1.54) is 16.4 Å². The van der Waals surface area contributed by atoms with Crippen LogP contribution in [0.3, 0.4) is 0 Å². The number of halogens is 1. The summed E-state index contributed by atoms with van der Waals surface area (Å²) in [5.41, 5.74) is 2.23. The second-order valence-electron chi connectivity index (χ2n) is 6.02. The lowest BCUT2D eigenvalue weighted by molar-refractivity contribution is 0.384. The molecule has 0 amide bonds. The number of nitrogens with one attached hydrogen (secondary N) is 1. The van der Waals surface area contributed by atoms with E-state index in [4.69, 9.17) is 0 Å². The van der Waals surface area contributed by atoms with Crippen molar-refractivity contribution in [2.24, 2.45) is 0 Å². The summed E-state index contributed by atoms with van der Waals surface area (Å²) in [6, 6.07) is 3.73. The highest BCUT2D eigenvalue weighted by molar-refractivity contribution is 7.89. The van der Waals surface area contributed by atoms with Crippen molar-refractivity contribution in [3.63, 3.8) is 0 Å². The minimum Gasteiger partial charge on any atom is -0.345 e. The van der Waals surface area contributed by atoms with Crippen molar-refractivity contribution in [3.05, 3.63) is 46.8 Å². The summed E-state index contributed by atoms with van der Waals surface area (Å²) < 4.78 is 41.0. The Kier molecular flexibility index (Phi) is 4.01. The molecule has 23 heavy (non-hydrogen) atoms. The zero-order valence-electron chi connectivity index (χ0n) is 13.4. The third-order valence-corrected chi connectivity index (χ3v) is 6.32. The Morgan fingerprint density at radius 1 is 1.30 bits per heavy atom. The molecule has 1 fully saturated rings. The van der Waals surface area contributed by atoms with Crippen LogP contribution in [0.4, 0.5) is 4.39 Å². The molecule has 5 nitrogen and oxygen atoms in total. The molecule has 0 aliphatic carbocycles. The van der Waals surface area contributed by atoms with Crippen LogP contribution in [0.5, 0.6) is 0 Å². The molecule has 2 heterocycles. The highest BCUT2D eigenvalue weighted by Gasteiger charge is 2.38. The molecule has 1 aliphatic rings. The fraction of sp³-hybridized carbons (Fsp3) is 0.438. The van der Waals surface area contributed by atoms with Crippen molar-refractivity contribution in [1.29, 1.82) is 0 Å². The van der Waals surface area contributed by atoms with Gasteiger partial charge < -0.3 is 4.98 Å². The second-order valence-corrected chi connectivity index (χ2v) is 7.91. The number of imidazole rings is 1. The molecule has 1 aliphatic heterocycles. The number of hydrogen-bond donors (Lipinski definition) is 1. The summed E-state index contributed by atoms with van der Waals surface area (Å²) >= 11 is 0. The first-order valence-corrected chi connectivity index (χ1v) is 9.06. The average Bonchev–Trinajstić information content (AvgIpc) is 3.09. The van der Waals surface area contributed by atoms with E-state index >= 15 is 0 Å². The largest absolute Gasteiger partial charge is 0.345 e. The average molecular weight is 337 g/mol. The van der Waals surface area contributed by atoms with Gasteiger partial charge in [-0.3, -0.25) is 0 Å². The zero-order valence-corrected chi connectivity index (χ0v) is 14.2. The molecule has 2 aromatic rings. The van der Waals surface area contributed by atoms with Crippen molar-refractivity contribution in [2.45, 2.75) is 44.6 Å². The van der Waals surface area contributed by atoms with Crippen LogP contribution in [-0.4, -0.2) is 29.2 Å². The molecule has 3 rings (SSSR count). The molecule has 124 valence electrons. The third kappa shape index (κ3) is 2.79. The number of nitrogens with zero attached hydrogens (tertiary/aromatic N) is 2. The first-order valence-electron chi connectivity index (χ1n) is 7.62. The summed E-state index contributed by atoms with van der Waals surface area (Å²) in [5, 5.41) is 0. The van der Waals surface area contributed by atoms with Gasteiger partial charge >= 0.3 is 0 Å². The molecule has 1 aromatic carbocycles. The van der Waals surface area contributed by atoms with Crippen LogP contribution >= 0.6 is 0 Å². The molecule has 0 bridgehead atoms. The summed E-state index contributed by atoms with van der Waals surface area (Å²) in [5.74, 6) is 0.153. The van der Waals surface area contributed by atoms with Crippen molar-refractivity contribution < 1.29 is 12.8 Å². The SMILES string of the molecule is Cc1ccc(S(=O)(=O)N2CCCC2c2nc(C)c(C)[nH]2)cc1F. The van der Waals surface area contributed by atoms with E-state index in [0.717, 1.165) is 23.9 Å². The van der Waals surface area contributed by atoms with E-state index in [0.29, 0.717) is 24.4 Å². The Labute approximate surface area is 135 Å². The van der Waals surface area contributed by atoms with Crippen LogP contribution in [0.2, 0.25) is 0 Å². The Bertz CT molecular complexity index is 826. The van der Waals surface area contributed by atoms with Gasteiger partial charge in [-0.25, -0.2) is 17.8 Å². The van der Waals surface area contributed by atoms with E-state index in [-0.39, 0.29) is 10.9 Å². The van der Waals surface area contributed by atoms with Crippen molar-refractivity contribution in [1.82, 2.24) is 14.3 Å². The number of hydrogen-bond acceptors (Lipinski definition) is 3. The standard InChI is InChI=1S/C16H20FN3O2S/c1-10-6-7-13(9-14(10)17)23(21,22)20-8-4-5-15(20)16-18-11(2)12(3)19-16/h6-7,9,15H,4-5,8H2,1-3H3,(H,18,19). The van der Waals surface area contributed by atoms with Gasteiger partial charge in [0, 0.05) is 12.2 Å². The maximum Gasteiger partial charge on any atom is 0.243 e. The molecule has 1 N–H and O–H groups in total. The second kappa shape index (κ2) is 5.72. The molecule has 1 atom stereocenters. The smallest absolute Gasteiger partial charge is 0.243 e. The number of aromatic amines is 1. The number of aromatic nitrogens is 2. The Morgan fingerprint density at radius 2 is 2.04 bits per heavy atom. The van der Waals surface area contributed by atoms with Gasteiger partial charge in [-0.15, -0.1) is 0 Å². The third-order valence-electron chi connectivity index (χ3n) is 4.42. The van der Waals surface area contributed by atoms with Crippen LogP contribution in [0.1, 0.15) is 41.7 Å². The molecule has 7 heteroatoms. The Hall–Kier alpha value is -1.73. The number of H-pyrrole nitrogens is 1. The summed E-state index contributed by atoms with van der Waals surface area (Å²) in [6.07, 6.45) is 1.47. The van der Waals surface area contributed by atoms with Crippen LogP contribution in [-0.2, 0) is 10.0 Å². The maximum absolute atomic E-state index is 13.8. The Balaban J connectivity index is 1.99. The summed E-state index contributed by atoms with van der Waals surface area (Å²) in [7, 11) is -3.75. The number of aryl methyl sites for hydroxylation is 3. The van der Waals surface area contributed by atoms with Gasteiger partial charge in [0.05, 0.1) is 16.6 Å². The first-order chi connectivity index (χ1) is 10.8. The lowest BCUT2D eigenvalue weighted by Gasteiger charge is -2.22. The minimum atomic E-state index is -3.75. The fourth-order valence-corrected chi connectivity index (χ4v) is 4.58. The molecule has 1 aromatic heterocycles. The van der Waals surface area contributed by atoms with Crippen LogP contribution in [0.25, 0.3) is 0 Å². The molecule has 0 spiro atoms. The monoisotopic (exact) mass is 337 g/mol. The van der Waals surface area contributed by atoms with Gasteiger partial charge in [-0.1, -0.05) is 6.07 Å². The highest BCUT2D eigenvalue weighted by Crippen LogP contribution is 2.35. The van der Waals surface area contributed by atoms with E-state index in [1.807, 2.05) is 13.8 Å². The van der Waals surface area contributed by atoms with Gasteiger partial charge in [0.25, 0.3) is 0 Å². The van der Waals surface area contributed by atoms with E-state index < -0.39 is 15.8 Å². The van der Waals surface area contributed by atoms with Crippen LogP contribution < -0.4 is 0 Å². The maximum atomic E-state index is 13.8. The van der Waals surface area contributed by atoms with Gasteiger partial charge in [0.15, 0.2) is 0 Å². The molecule has 1 saturated heterocycles. The zero-order chi connectivity index (χ0) is 16.8. The Morgan fingerprint density at radius 3 is 2.65 bits per heavy atom. The predicted octanol–water partition coefficient (Wildman–Crippen LogP) is 3.00. The molecule has 0 radical (unpaired) electrons. The van der Waals surface area contributed by atoms with Gasteiger partial charge in [0.2, 0.25) is 10.0 Å². The normalized spacial score (nSPS) is 19.4. The van der Waals surface area contributed by atoms with Crippen LogP contribution in [0, 0.1) is 26.6 Å². The van der Waals surface area contributed by atoms with E-state index in [1.54, 1.807) is 6.92 Å². The summed E-state index contributed by atoms with van der Waals surface area (Å²) in [4.78, 5) is 7.61. The van der Waals surface area contributed by atoms with E-state index in [9.17, 15) is 12.8 Å². The van der Waals surface area contributed by atoms with Crippen LogP contribution in [0.15, 0.2) is 23.1 Å². The number of sulfonamides is 1. The lowest BCUT2D eigenvalue weighted by atomic mass is 10.2. The molecular weight excluding hydrogens is 317 g/mol. The molecule has 1 unspecified atom stereocenters. The van der Waals surface area contributed by atoms with Gasteiger partial charge in [0.1, 0.15) is 11.6 Å². The van der Waals surface area contributed by atoms with Crippen molar-refractivity contribution >= 4 is 10.0 Å². The predicted molar refractivity (Wildman–Crippen MR) is 85.1 cm³/mol. The summed E-state index contributed by atoms with van der Waals surface area (Å²) in [6.45, 7) is 5.83. The van der Waals surface area contributed by atoms with Gasteiger partial charge in [-0.05, 0) is 51.3 Å². The first kappa shape index (κ1) is 16.1.